The summed E-state index contributed by atoms with van der Waals surface area (Å²) in [5, 5.41) is 2.52. The van der Waals surface area contributed by atoms with Crippen molar-refractivity contribution in [2.75, 3.05) is 12.4 Å². The van der Waals surface area contributed by atoms with E-state index in [0.717, 1.165) is 10.5 Å². The fourth-order valence-electron chi connectivity index (χ4n) is 2.26. The van der Waals surface area contributed by atoms with Crippen LogP contribution in [0.5, 0.6) is 0 Å². The molecule has 25 heavy (non-hydrogen) atoms. The van der Waals surface area contributed by atoms with Gasteiger partial charge >= 0.3 is 6.55 Å². The minimum atomic E-state index is -3.96. The predicted molar refractivity (Wildman–Crippen MR) is 87.6 cm³/mol. The molecule has 7 nitrogen and oxygen atoms in total. The van der Waals surface area contributed by atoms with E-state index in [4.69, 9.17) is 0 Å². The molecule has 0 aliphatic rings. The van der Waals surface area contributed by atoms with Gasteiger partial charge in [0.15, 0.2) is 0 Å². The quantitative estimate of drug-likeness (QED) is 0.844. The number of nitrogens with one attached hydrogen (secondary N) is 1. The Bertz CT molecular complexity index is 881. The Labute approximate surface area is 144 Å². The third kappa shape index (κ3) is 4.20. The highest BCUT2D eigenvalue weighted by Crippen LogP contribution is 2.24. The van der Waals surface area contributed by atoms with Gasteiger partial charge in [0.1, 0.15) is 5.82 Å². The van der Waals surface area contributed by atoms with Crippen LogP contribution in [0.15, 0.2) is 35.5 Å². The molecule has 0 unspecified atom stereocenters. The van der Waals surface area contributed by atoms with Crippen LogP contribution in [0.3, 0.4) is 0 Å². The van der Waals surface area contributed by atoms with Crippen molar-refractivity contribution in [1.82, 2.24) is 13.9 Å². The van der Waals surface area contributed by atoms with E-state index in [2.05, 4.69) is 10.3 Å². The summed E-state index contributed by atoms with van der Waals surface area (Å²) >= 11 is 0. The maximum absolute atomic E-state index is 12.9. The van der Waals surface area contributed by atoms with Crippen LogP contribution in [0.4, 0.5) is 14.5 Å². The van der Waals surface area contributed by atoms with Gasteiger partial charge in [0.05, 0.1) is 11.4 Å². The molecule has 1 amide bonds. The molecule has 136 valence electrons. The fraction of sp³-hybridized carbons (Fsp3) is 0.333. The highest BCUT2D eigenvalue weighted by atomic mass is 32.2. The zero-order valence-electron chi connectivity index (χ0n) is 13.9. The monoisotopic (exact) mass is 372 g/mol. The highest BCUT2D eigenvalue weighted by Gasteiger charge is 2.25. The maximum atomic E-state index is 12.9. The Kier molecular flexibility index (Phi) is 5.53. The zero-order chi connectivity index (χ0) is 18.8. The van der Waals surface area contributed by atoms with Crippen LogP contribution in [0.2, 0.25) is 0 Å². The molecule has 1 aromatic carbocycles. The van der Waals surface area contributed by atoms with Gasteiger partial charge in [0, 0.05) is 32.1 Å². The topological polar surface area (TPSA) is 84.3 Å². The summed E-state index contributed by atoms with van der Waals surface area (Å²) in [6, 6.07) is 4.48. The van der Waals surface area contributed by atoms with E-state index >= 15 is 0 Å². The van der Waals surface area contributed by atoms with Crippen LogP contribution in [0.25, 0.3) is 0 Å². The van der Waals surface area contributed by atoms with Gasteiger partial charge in [0.2, 0.25) is 15.9 Å². The Morgan fingerprint density at radius 3 is 2.68 bits per heavy atom. The van der Waals surface area contributed by atoms with Crippen molar-refractivity contribution in [3.8, 4) is 0 Å². The number of imidazole rings is 1. The first-order valence-electron chi connectivity index (χ1n) is 7.27. The summed E-state index contributed by atoms with van der Waals surface area (Å²) in [5.74, 6) is -0.406. The summed E-state index contributed by atoms with van der Waals surface area (Å²) in [4.78, 5) is 14.9. The number of alkyl halides is 2. The normalized spacial score (nSPS) is 12.0. The minimum absolute atomic E-state index is 0.0172. The molecule has 1 aromatic heterocycles. The second-order valence-electron chi connectivity index (χ2n) is 5.45. The number of hydrogen-bond donors (Lipinski definition) is 1. The molecule has 0 saturated heterocycles. The standard InChI is InChI=1S/C15H18F2N4O3S/c1-10-4-5-12(19-11(2)22)8-13(10)25(23,24)20(3)9-14-18-6-7-21(14)15(16)17/h4-8,15H,9H2,1-3H3,(H,19,22). The van der Waals surface area contributed by atoms with Gasteiger partial charge in [-0.25, -0.2) is 13.4 Å². The zero-order valence-corrected chi connectivity index (χ0v) is 14.7. The number of rotatable bonds is 6. The summed E-state index contributed by atoms with van der Waals surface area (Å²) in [7, 11) is -2.68. The fourth-order valence-corrected chi connectivity index (χ4v) is 3.63. The number of halogens is 2. The second-order valence-corrected chi connectivity index (χ2v) is 7.46. The first-order chi connectivity index (χ1) is 11.6. The number of carbonyl (C=O) groups is 1. The van der Waals surface area contributed by atoms with Gasteiger partial charge in [0.25, 0.3) is 0 Å². The van der Waals surface area contributed by atoms with Crippen LogP contribution in [-0.4, -0.2) is 35.2 Å². The average molecular weight is 372 g/mol. The molecule has 2 aromatic rings. The molecule has 0 spiro atoms. The molecular weight excluding hydrogens is 354 g/mol. The number of hydrogen-bond acceptors (Lipinski definition) is 4. The lowest BCUT2D eigenvalue weighted by molar-refractivity contribution is -0.114. The third-order valence-corrected chi connectivity index (χ3v) is 5.47. The number of amides is 1. The van der Waals surface area contributed by atoms with Crippen LogP contribution >= 0.6 is 0 Å². The Morgan fingerprint density at radius 2 is 2.08 bits per heavy atom. The molecule has 0 fully saturated rings. The Morgan fingerprint density at radius 1 is 1.40 bits per heavy atom. The first-order valence-corrected chi connectivity index (χ1v) is 8.71. The molecule has 0 aliphatic heterocycles. The van der Waals surface area contributed by atoms with E-state index in [1.54, 1.807) is 19.1 Å². The van der Waals surface area contributed by atoms with Gasteiger partial charge < -0.3 is 5.32 Å². The summed E-state index contributed by atoms with van der Waals surface area (Å²) in [5.41, 5.74) is 0.803. The minimum Gasteiger partial charge on any atom is -0.326 e. The van der Waals surface area contributed by atoms with E-state index in [0.29, 0.717) is 15.8 Å². The van der Waals surface area contributed by atoms with E-state index < -0.39 is 16.6 Å². The van der Waals surface area contributed by atoms with Crippen LogP contribution in [-0.2, 0) is 21.4 Å². The molecule has 1 heterocycles. The molecule has 0 saturated carbocycles. The molecule has 0 atom stereocenters. The van der Waals surface area contributed by atoms with E-state index in [1.165, 1.54) is 26.2 Å². The Hall–Kier alpha value is -2.33. The van der Waals surface area contributed by atoms with Gasteiger partial charge in [-0.3, -0.25) is 9.36 Å². The van der Waals surface area contributed by atoms with Crippen molar-refractivity contribution in [3.63, 3.8) is 0 Å². The number of aromatic nitrogens is 2. The lowest BCUT2D eigenvalue weighted by Gasteiger charge is -2.19. The molecule has 0 aliphatic carbocycles. The number of nitrogens with zero attached hydrogens (tertiary/aromatic N) is 3. The SMILES string of the molecule is CC(=O)Nc1ccc(C)c(S(=O)(=O)N(C)Cc2nccn2C(F)F)c1. The number of aryl methyl sites for hydroxylation is 1. The van der Waals surface area contributed by atoms with Gasteiger partial charge in [-0.15, -0.1) is 0 Å². The molecule has 2 rings (SSSR count). The van der Waals surface area contributed by atoms with Crippen molar-refractivity contribution in [1.29, 1.82) is 0 Å². The lowest BCUT2D eigenvalue weighted by Crippen LogP contribution is -2.28. The van der Waals surface area contributed by atoms with Crippen LogP contribution in [0.1, 0.15) is 24.9 Å². The van der Waals surface area contributed by atoms with Crippen molar-refractivity contribution in [2.24, 2.45) is 0 Å². The number of anilines is 1. The number of carbonyl (C=O) groups excluding carboxylic acids is 1. The van der Waals surface area contributed by atoms with Gasteiger partial charge in [-0.1, -0.05) is 6.07 Å². The van der Waals surface area contributed by atoms with Crippen molar-refractivity contribution < 1.29 is 22.0 Å². The van der Waals surface area contributed by atoms with E-state index in [-0.39, 0.29) is 23.2 Å². The van der Waals surface area contributed by atoms with Crippen molar-refractivity contribution >= 4 is 21.6 Å². The Balaban J connectivity index is 2.34. The van der Waals surface area contributed by atoms with Crippen LogP contribution < -0.4 is 5.32 Å². The summed E-state index contributed by atoms with van der Waals surface area (Å²) in [6.07, 6.45) is 2.27. The molecular formula is C15H18F2N4O3S. The van der Waals surface area contributed by atoms with Crippen molar-refractivity contribution in [2.45, 2.75) is 31.8 Å². The third-order valence-electron chi connectivity index (χ3n) is 3.52. The predicted octanol–water partition coefficient (Wildman–Crippen LogP) is 2.37. The maximum Gasteiger partial charge on any atom is 0.319 e. The smallest absolute Gasteiger partial charge is 0.319 e. The highest BCUT2D eigenvalue weighted by molar-refractivity contribution is 7.89. The number of sulfonamides is 1. The van der Waals surface area contributed by atoms with Gasteiger partial charge in [-0.2, -0.15) is 13.1 Å². The molecule has 0 bridgehead atoms. The van der Waals surface area contributed by atoms with Crippen molar-refractivity contribution in [3.05, 3.63) is 42.0 Å². The summed E-state index contributed by atoms with van der Waals surface area (Å²) < 4.78 is 52.9. The first kappa shape index (κ1) is 19.0. The largest absolute Gasteiger partial charge is 0.326 e. The molecule has 1 N–H and O–H groups in total. The summed E-state index contributed by atoms with van der Waals surface area (Å²) in [6.45, 7) is -0.204. The second kappa shape index (κ2) is 7.28. The number of benzene rings is 1. The van der Waals surface area contributed by atoms with E-state index in [1.807, 2.05) is 0 Å². The van der Waals surface area contributed by atoms with Crippen LogP contribution in [0, 0.1) is 6.92 Å². The molecule has 10 heteroatoms. The van der Waals surface area contributed by atoms with Gasteiger partial charge in [-0.05, 0) is 24.6 Å². The molecule has 0 radical (unpaired) electrons. The lowest BCUT2D eigenvalue weighted by atomic mass is 10.2. The average Bonchev–Trinajstić information content (AvgIpc) is 2.96. The van der Waals surface area contributed by atoms with E-state index in [9.17, 15) is 22.0 Å².